The van der Waals surface area contributed by atoms with Crippen molar-refractivity contribution >= 4 is 22.8 Å². The number of hydrogen-bond donors (Lipinski definition) is 1. The molecule has 0 saturated carbocycles. The van der Waals surface area contributed by atoms with Gasteiger partial charge in [-0.1, -0.05) is 0 Å². The van der Waals surface area contributed by atoms with Crippen molar-refractivity contribution in [2.24, 2.45) is 0 Å². The monoisotopic (exact) mass is 285 g/mol. The maximum atomic E-state index is 12.6. The van der Waals surface area contributed by atoms with Gasteiger partial charge in [0.1, 0.15) is 0 Å². The van der Waals surface area contributed by atoms with Crippen LogP contribution >= 0.6 is 0 Å². The number of aliphatic carboxylic acids is 1. The number of rotatable bonds is 3. The number of alkyl halides is 3. The average molecular weight is 285 g/mol. The number of benzene rings is 1. The molecule has 7 heteroatoms. The predicted octanol–water partition coefficient (Wildman–Crippen LogP) is 3.17. The molecule has 1 aromatic carbocycles. The molecular formula is C13H10F3NO3. The van der Waals surface area contributed by atoms with Crippen LogP contribution in [0.25, 0.3) is 10.9 Å². The van der Waals surface area contributed by atoms with Crippen molar-refractivity contribution < 1.29 is 27.9 Å². The summed E-state index contributed by atoms with van der Waals surface area (Å²) in [4.78, 5) is 22.2. The maximum absolute atomic E-state index is 12.6. The van der Waals surface area contributed by atoms with Gasteiger partial charge in [0.25, 0.3) is 0 Å². The Labute approximate surface area is 111 Å². The third-order valence-corrected chi connectivity index (χ3v) is 2.84. The summed E-state index contributed by atoms with van der Waals surface area (Å²) in [5.74, 6) is -1.57. The number of carbonyl (C=O) groups excluding carboxylic acids is 1. The molecule has 0 radical (unpaired) electrons. The minimum Gasteiger partial charge on any atom is -0.481 e. The predicted molar refractivity (Wildman–Crippen MR) is 64.4 cm³/mol. The molecule has 2 aromatic rings. The molecule has 0 fully saturated rings. The Bertz CT molecular complexity index is 673. The Morgan fingerprint density at radius 3 is 2.45 bits per heavy atom. The van der Waals surface area contributed by atoms with E-state index in [0.717, 1.165) is 12.1 Å². The fourth-order valence-corrected chi connectivity index (χ4v) is 1.87. The van der Waals surface area contributed by atoms with Crippen molar-refractivity contribution in [2.75, 3.05) is 0 Å². The summed E-state index contributed by atoms with van der Waals surface area (Å²) in [7, 11) is 0. The van der Waals surface area contributed by atoms with E-state index in [4.69, 9.17) is 5.11 Å². The molecule has 20 heavy (non-hydrogen) atoms. The van der Waals surface area contributed by atoms with Crippen molar-refractivity contribution in [3.8, 4) is 0 Å². The zero-order valence-corrected chi connectivity index (χ0v) is 10.1. The first-order valence-electron chi connectivity index (χ1n) is 5.72. The van der Waals surface area contributed by atoms with Crippen LogP contribution in [0.1, 0.15) is 23.2 Å². The van der Waals surface area contributed by atoms with Crippen molar-refractivity contribution in [3.63, 3.8) is 0 Å². The Hall–Kier alpha value is -2.31. The van der Waals surface area contributed by atoms with Crippen LogP contribution in [-0.4, -0.2) is 21.6 Å². The summed E-state index contributed by atoms with van der Waals surface area (Å²) in [6, 6.07) is 4.44. The number of carbonyl (C=O) groups is 2. The zero-order valence-electron chi connectivity index (χ0n) is 10.1. The van der Waals surface area contributed by atoms with E-state index in [9.17, 15) is 22.8 Å². The number of carboxylic acids is 1. The van der Waals surface area contributed by atoms with Crippen LogP contribution in [0.3, 0.4) is 0 Å². The molecule has 0 aliphatic rings. The molecule has 0 bridgehead atoms. The van der Waals surface area contributed by atoms with E-state index in [1.165, 1.54) is 22.9 Å². The standard InChI is InChI=1S/C13H10F3NO3/c14-13(15,16)9-1-2-10-8(7-9)5-6-17(10)11(18)3-4-12(19)20/h1-2,5-7H,3-4H2,(H,19,20). The van der Waals surface area contributed by atoms with E-state index < -0.39 is 23.6 Å². The maximum Gasteiger partial charge on any atom is 0.416 e. The Kier molecular flexibility index (Phi) is 3.52. The van der Waals surface area contributed by atoms with Crippen LogP contribution in [0.15, 0.2) is 30.5 Å². The Morgan fingerprint density at radius 1 is 1.15 bits per heavy atom. The van der Waals surface area contributed by atoms with Crippen LogP contribution in [0.4, 0.5) is 13.2 Å². The van der Waals surface area contributed by atoms with Crippen LogP contribution in [0.2, 0.25) is 0 Å². The number of fused-ring (bicyclic) bond motifs is 1. The average Bonchev–Trinajstić information content (AvgIpc) is 2.77. The second-order valence-electron chi connectivity index (χ2n) is 4.24. The first-order chi connectivity index (χ1) is 9.29. The van der Waals surface area contributed by atoms with Gasteiger partial charge in [-0.3, -0.25) is 14.2 Å². The molecule has 0 unspecified atom stereocenters. The van der Waals surface area contributed by atoms with Crippen LogP contribution < -0.4 is 0 Å². The molecule has 1 aromatic heterocycles. The van der Waals surface area contributed by atoms with E-state index in [-0.39, 0.29) is 18.2 Å². The molecule has 106 valence electrons. The quantitative estimate of drug-likeness (QED) is 0.942. The number of halogens is 3. The first kappa shape index (κ1) is 14.1. The van der Waals surface area contributed by atoms with Crippen LogP contribution in [-0.2, 0) is 11.0 Å². The van der Waals surface area contributed by atoms with E-state index in [1.807, 2.05) is 0 Å². The molecule has 0 spiro atoms. The lowest BCUT2D eigenvalue weighted by Gasteiger charge is -2.07. The summed E-state index contributed by atoms with van der Waals surface area (Å²) in [5.41, 5.74) is -0.464. The highest BCUT2D eigenvalue weighted by Gasteiger charge is 2.30. The molecule has 0 aliphatic carbocycles. The van der Waals surface area contributed by atoms with E-state index in [1.54, 1.807) is 0 Å². The molecular weight excluding hydrogens is 275 g/mol. The number of hydrogen-bond acceptors (Lipinski definition) is 2. The highest BCUT2D eigenvalue weighted by molar-refractivity contribution is 5.93. The highest BCUT2D eigenvalue weighted by Crippen LogP contribution is 2.31. The summed E-state index contributed by atoms with van der Waals surface area (Å²) in [6.45, 7) is 0. The third kappa shape index (κ3) is 2.81. The van der Waals surface area contributed by atoms with Gasteiger partial charge in [-0.05, 0) is 24.3 Å². The SMILES string of the molecule is O=C(O)CCC(=O)n1ccc2cc(C(F)(F)F)ccc21. The fraction of sp³-hybridized carbons (Fsp3) is 0.231. The van der Waals surface area contributed by atoms with Crippen molar-refractivity contribution in [1.82, 2.24) is 4.57 Å². The summed E-state index contributed by atoms with van der Waals surface area (Å²) >= 11 is 0. The highest BCUT2D eigenvalue weighted by atomic mass is 19.4. The van der Waals surface area contributed by atoms with Gasteiger partial charge in [0.2, 0.25) is 5.91 Å². The first-order valence-corrected chi connectivity index (χ1v) is 5.72. The molecule has 0 aliphatic heterocycles. The minimum absolute atomic E-state index is 0.208. The lowest BCUT2D eigenvalue weighted by atomic mass is 10.1. The van der Waals surface area contributed by atoms with Gasteiger partial charge >= 0.3 is 12.1 Å². The number of carboxylic acid groups (broad SMARTS) is 1. The van der Waals surface area contributed by atoms with Gasteiger partial charge in [-0.25, -0.2) is 0 Å². The van der Waals surface area contributed by atoms with Crippen molar-refractivity contribution in [2.45, 2.75) is 19.0 Å². The molecule has 0 amide bonds. The van der Waals surface area contributed by atoms with Gasteiger partial charge in [-0.15, -0.1) is 0 Å². The second-order valence-corrected chi connectivity index (χ2v) is 4.24. The zero-order chi connectivity index (χ0) is 14.9. The van der Waals surface area contributed by atoms with Crippen LogP contribution in [0.5, 0.6) is 0 Å². The van der Waals surface area contributed by atoms with E-state index in [0.29, 0.717) is 5.52 Å². The van der Waals surface area contributed by atoms with Crippen LogP contribution in [0, 0.1) is 0 Å². The van der Waals surface area contributed by atoms with Gasteiger partial charge in [0.05, 0.1) is 17.5 Å². The summed E-state index contributed by atoms with van der Waals surface area (Å²) in [5, 5.41) is 8.79. The van der Waals surface area contributed by atoms with E-state index in [2.05, 4.69) is 0 Å². The molecule has 4 nitrogen and oxygen atoms in total. The lowest BCUT2D eigenvalue weighted by molar-refractivity contribution is -0.138. The van der Waals surface area contributed by atoms with Crippen molar-refractivity contribution in [3.05, 3.63) is 36.0 Å². The topological polar surface area (TPSA) is 59.3 Å². The summed E-state index contributed by atoms with van der Waals surface area (Å²) < 4.78 is 38.8. The number of aromatic nitrogens is 1. The summed E-state index contributed by atoms with van der Waals surface area (Å²) in [6.07, 6.45) is -3.63. The molecule has 0 saturated heterocycles. The van der Waals surface area contributed by atoms with Gasteiger partial charge in [0.15, 0.2) is 0 Å². The minimum atomic E-state index is -4.44. The van der Waals surface area contributed by atoms with Gasteiger partial charge in [-0.2, -0.15) is 13.2 Å². The molecule has 0 atom stereocenters. The molecule has 2 rings (SSSR count). The normalized spacial score (nSPS) is 11.8. The third-order valence-electron chi connectivity index (χ3n) is 2.84. The van der Waals surface area contributed by atoms with Gasteiger partial charge < -0.3 is 5.11 Å². The molecule has 1 heterocycles. The fourth-order valence-electron chi connectivity index (χ4n) is 1.87. The van der Waals surface area contributed by atoms with E-state index >= 15 is 0 Å². The Morgan fingerprint density at radius 2 is 1.85 bits per heavy atom. The largest absolute Gasteiger partial charge is 0.481 e. The number of nitrogens with zero attached hydrogens (tertiary/aromatic N) is 1. The van der Waals surface area contributed by atoms with Gasteiger partial charge in [0, 0.05) is 18.0 Å². The lowest BCUT2D eigenvalue weighted by Crippen LogP contribution is -2.11. The molecule has 1 N–H and O–H groups in total. The smallest absolute Gasteiger partial charge is 0.416 e. The Balaban J connectivity index is 2.33. The van der Waals surface area contributed by atoms with Crippen molar-refractivity contribution in [1.29, 1.82) is 0 Å². The second kappa shape index (κ2) is 4.99.